The normalized spacial score (nSPS) is 20.0. The van der Waals surface area contributed by atoms with E-state index in [2.05, 4.69) is 4.98 Å². The van der Waals surface area contributed by atoms with Gasteiger partial charge in [0.2, 0.25) is 0 Å². The Morgan fingerprint density at radius 3 is 2.65 bits per heavy atom. The zero-order valence-electron chi connectivity index (χ0n) is 14.8. The predicted molar refractivity (Wildman–Crippen MR) is 90.8 cm³/mol. The average molecular weight is 371 g/mol. The molecule has 2 aliphatic rings. The van der Waals surface area contributed by atoms with Crippen molar-refractivity contribution in [3.63, 3.8) is 0 Å². The van der Waals surface area contributed by atoms with Crippen LogP contribution in [-0.2, 0) is 15.7 Å². The molecule has 8 heteroatoms. The second-order valence-electron chi connectivity index (χ2n) is 6.99. The Labute approximate surface area is 151 Å². The van der Waals surface area contributed by atoms with Crippen LogP contribution in [0.4, 0.5) is 19.0 Å². The molecule has 1 saturated heterocycles. The zero-order valence-corrected chi connectivity index (χ0v) is 14.8. The standard InChI is InChI=1S/C18H24F3N3O2/c1-13(26-12-14-3-4-14)17(25)24-8-2-7-23(9-10-24)16-6-5-15(11-22-16)18(19,20)21/h5-6,11,13-14H,2-4,7-10,12H2,1H3. The number of hydrogen-bond donors (Lipinski definition) is 0. The number of carbonyl (C=O) groups is 1. The lowest BCUT2D eigenvalue weighted by Gasteiger charge is -2.25. The molecule has 0 radical (unpaired) electrons. The first-order valence-corrected chi connectivity index (χ1v) is 9.03. The van der Waals surface area contributed by atoms with Gasteiger partial charge in [0.05, 0.1) is 12.2 Å². The molecule has 0 aromatic carbocycles. The van der Waals surface area contributed by atoms with E-state index in [9.17, 15) is 18.0 Å². The second-order valence-corrected chi connectivity index (χ2v) is 6.99. The predicted octanol–water partition coefficient (Wildman–Crippen LogP) is 2.95. The molecule has 2 fully saturated rings. The monoisotopic (exact) mass is 371 g/mol. The van der Waals surface area contributed by atoms with Gasteiger partial charge in [0.1, 0.15) is 11.9 Å². The minimum Gasteiger partial charge on any atom is -0.368 e. The molecule has 5 nitrogen and oxygen atoms in total. The van der Waals surface area contributed by atoms with Gasteiger partial charge in [-0.25, -0.2) is 4.98 Å². The van der Waals surface area contributed by atoms with E-state index in [1.807, 2.05) is 4.90 Å². The number of nitrogens with zero attached hydrogens (tertiary/aromatic N) is 3. The van der Waals surface area contributed by atoms with Gasteiger partial charge in [0.25, 0.3) is 5.91 Å². The summed E-state index contributed by atoms with van der Waals surface area (Å²) in [6.45, 7) is 4.75. The number of pyridine rings is 1. The van der Waals surface area contributed by atoms with E-state index in [4.69, 9.17) is 4.74 Å². The molecule has 0 N–H and O–H groups in total. The Hall–Kier alpha value is -1.83. The second kappa shape index (κ2) is 7.82. The van der Waals surface area contributed by atoms with Crippen LogP contribution in [0.5, 0.6) is 0 Å². The van der Waals surface area contributed by atoms with Crippen LogP contribution >= 0.6 is 0 Å². The minimum absolute atomic E-state index is 0.0205. The highest BCUT2D eigenvalue weighted by Crippen LogP contribution is 2.30. The lowest BCUT2D eigenvalue weighted by atomic mass is 10.2. The number of anilines is 1. The quantitative estimate of drug-likeness (QED) is 0.798. The van der Waals surface area contributed by atoms with E-state index in [1.165, 1.54) is 18.9 Å². The maximum atomic E-state index is 12.6. The van der Waals surface area contributed by atoms with E-state index in [1.54, 1.807) is 11.8 Å². The van der Waals surface area contributed by atoms with E-state index < -0.39 is 17.8 Å². The Balaban J connectivity index is 1.54. The van der Waals surface area contributed by atoms with Crippen molar-refractivity contribution in [1.29, 1.82) is 0 Å². The summed E-state index contributed by atoms with van der Waals surface area (Å²) < 4.78 is 43.6. The molecule has 1 atom stereocenters. The van der Waals surface area contributed by atoms with Crippen LogP contribution < -0.4 is 4.90 Å². The van der Waals surface area contributed by atoms with Gasteiger partial charge < -0.3 is 14.5 Å². The molecule has 0 bridgehead atoms. The third kappa shape index (κ3) is 4.87. The van der Waals surface area contributed by atoms with Crippen molar-refractivity contribution in [1.82, 2.24) is 9.88 Å². The number of ether oxygens (including phenoxy) is 1. The van der Waals surface area contributed by atoms with Crippen LogP contribution in [0.3, 0.4) is 0 Å². The lowest BCUT2D eigenvalue weighted by Crippen LogP contribution is -2.41. The Bertz CT molecular complexity index is 617. The Kier molecular flexibility index (Phi) is 5.70. The van der Waals surface area contributed by atoms with Gasteiger partial charge in [0.15, 0.2) is 0 Å². The number of carbonyl (C=O) groups excluding carboxylic acids is 1. The highest BCUT2D eigenvalue weighted by Gasteiger charge is 2.31. The molecular formula is C18H24F3N3O2. The molecule has 0 spiro atoms. The van der Waals surface area contributed by atoms with Crippen LogP contribution in [0.2, 0.25) is 0 Å². The maximum Gasteiger partial charge on any atom is 0.417 e. The fourth-order valence-corrected chi connectivity index (χ4v) is 3.00. The lowest BCUT2D eigenvalue weighted by molar-refractivity contribution is -0.142. The summed E-state index contributed by atoms with van der Waals surface area (Å²) in [6, 6.07) is 2.44. The van der Waals surface area contributed by atoms with E-state index in [0.29, 0.717) is 44.5 Å². The molecule has 3 rings (SSSR count). The zero-order chi connectivity index (χ0) is 18.7. The van der Waals surface area contributed by atoms with Crippen LogP contribution in [-0.4, -0.2) is 54.7 Å². The number of amides is 1. The van der Waals surface area contributed by atoms with Crippen LogP contribution in [0, 0.1) is 5.92 Å². The first kappa shape index (κ1) is 18.9. The molecule has 1 unspecified atom stereocenters. The van der Waals surface area contributed by atoms with Crippen LogP contribution in [0.25, 0.3) is 0 Å². The number of hydrogen-bond acceptors (Lipinski definition) is 4. The molecule has 144 valence electrons. The van der Waals surface area contributed by atoms with Crippen molar-refractivity contribution in [2.75, 3.05) is 37.7 Å². The van der Waals surface area contributed by atoms with Crippen molar-refractivity contribution in [3.8, 4) is 0 Å². The fourth-order valence-electron chi connectivity index (χ4n) is 3.00. The molecule has 1 saturated carbocycles. The average Bonchev–Trinajstić information content (AvgIpc) is 3.44. The molecule has 1 aliphatic heterocycles. The Morgan fingerprint density at radius 1 is 1.27 bits per heavy atom. The third-order valence-electron chi connectivity index (χ3n) is 4.83. The van der Waals surface area contributed by atoms with Gasteiger partial charge >= 0.3 is 6.18 Å². The van der Waals surface area contributed by atoms with Crippen molar-refractivity contribution >= 4 is 11.7 Å². The SMILES string of the molecule is CC(OCC1CC1)C(=O)N1CCCN(c2ccc(C(F)(F)F)cn2)CC1. The van der Waals surface area contributed by atoms with Gasteiger partial charge in [-0.1, -0.05) is 0 Å². The summed E-state index contributed by atoms with van der Waals surface area (Å²) in [6.07, 6.45) is -0.879. The molecule has 1 amide bonds. The summed E-state index contributed by atoms with van der Waals surface area (Å²) in [5.41, 5.74) is -0.755. The smallest absolute Gasteiger partial charge is 0.368 e. The number of halogens is 3. The molecular weight excluding hydrogens is 347 g/mol. The van der Waals surface area contributed by atoms with Gasteiger partial charge in [-0.05, 0) is 44.2 Å². The summed E-state index contributed by atoms with van der Waals surface area (Å²) in [7, 11) is 0. The number of aromatic nitrogens is 1. The van der Waals surface area contributed by atoms with E-state index in [0.717, 1.165) is 18.7 Å². The first-order valence-electron chi connectivity index (χ1n) is 9.03. The van der Waals surface area contributed by atoms with Crippen molar-refractivity contribution in [2.45, 2.75) is 38.5 Å². The topological polar surface area (TPSA) is 45.7 Å². The van der Waals surface area contributed by atoms with Crippen molar-refractivity contribution < 1.29 is 22.7 Å². The molecule has 1 aliphatic carbocycles. The number of rotatable bonds is 5. The highest BCUT2D eigenvalue weighted by atomic mass is 19.4. The molecule has 2 heterocycles. The summed E-state index contributed by atoms with van der Waals surface area (Å²) in [5, 5.41) is 0. The molecule has 1 aromatic rings. The first-order chi connectivity index (χ1) is 12.3. The van der Waals surface area contributed by atoms with Gasteiger partial charge in [-0.2, -0.15) is 13.2 Å². The van der Waals surface area contributed by atoms with Crippen LogP contribution in [0.1, 0.15) is 31.7 Å². The fraction of sp³-hybridized carbons (Fsp3) is 0.667. The van der Waals surface area contributed by atoms with Gasteiger partial charge in [-0.15, -0.1) is 0 Å². The van der Waals surface area contributed by atoms with E-state index >= 15 is 0 Å². The van der Waals surface area contributed by atoms with Crippen molar-refractivity contribution in [3.05, 3.63) is 23.9 Å². The minimum atomic E-state index is -4.38. The summed E-state index contributed by atoms with van der Waals surface area (Å²) in [4.78, 5) is 20.2. The molecule has 26 heavy (non-hydrogen) atoms. The highest BCUT2D eigenvalue weighted by molar-refractivity contribution is 5.80. The number of alkyl halides is 3. The van der Waals surface area contributed by atoms with E-state index in [-0.39, 0.29) is 5.91 Å². The van der Waals surface area contributed by atoms with Gasteiger partial charge in [0, 0.05) is 32.4 Å². The van der Waals surface area contributed by atoms with Crippen molar-refractivity contribution in [2.24, 2.45) is 5.92 Å². The summed E-state index contributed by atoms with van der Waals surface area (Å²) in [5.74, 6) is 1.09. The van der Waals surface area contributed by atoms with Gasteiger partial charge in [-0.3, -0.25) is 4.79 Å². The van der Waals surface area contributed by atoms with Crippen LogP contribution in [0.15, 0.2) is 18.3 Å². The largest absolute Gasteiger partial charge is 0.417 e. The maximum absolute atomic E-state index is 12.6. The molecule has 1 aromatic heterocycles. The third-order valence-corrected chi connectivity index (χ3v) is 4.83. The summed E-state index contributed by atoms with van der Waals surface area (Å²) >= 11 is 0. The Morgan fingerprint density at radius 2 is 2.04 bits per heavy atom.